The minimum absolute atomic E-state index is 0.186. The number of rotatable bonds is 8. The zero-order valence-corrected chi connectivity index (χ0v) is 12.8. The molecule has 0 aliphatic heterocycles. The largest absolute Gasteiger partial charge is 0.493 e. The van der Waals surface area contributed by atoms with Crippen LogP contribution in [0.5, 0.6) is 11.5 Å². The highest BCUT2D eigenvalue weighted by Gasteiger charge is 2.29. The topological polar surface area (TPSA) is 47.7 Å². The van der Waals surface area contributed by atoms with Crippen molar-refractivity contribution in [2.75, 3.05) is 33.9 Å². The van der Waals surface area contributed by atoms with Crippen LogP contribution in [0.15, 0.2) is 18.2 Å². The van der Waals surface area contributed by atoms with Crippen LogP contribution in [0.4, 0.5) is 0 Å². The second-order valence-corrected chi connectivity index (χ2v) is 5.37. The molecule has 1 fully saturated rings. The Bertz CT molecular complexity index is 432. The monoisotopic (exact) mass is 278 g/mol. The smallest absolute Gasteiger partial charge is 0.165 e. The number of para-hydroxylation sites is 1. The van der Waals surface area contributed by atoms with E-state index in [9.17, 15) is 0 Å². The average Bonchev–Trinajstić information content (AvgIpc) is 3.30. The number of nitrogens with two attached hydrogens (primary N) is 1. The maximum absolute atomic E-state index is 6.05. The van der Waals surface area contributed by atoms with Crippen molar-refractivity contribution in [2.45, 2.75) is 25.8 Å². The molecule has 1 aromatic carbocycles. The molecule has 0 bridgehead atoms. The summed E-state index contributed by atoms with van der Waals surface area (Å²) in [6.45, 7) is 4.90. The molecule has 0 saturated heterocycles. The zero-order chi connectivity index (χ0) is 14.5. The molecule has 1 saturated carbocycles. The fourth-order valence-electron chi connectivity index (χ4n) is 2.76. The molecule has 1 unspecified atom stereocenters. The SMILES string of the molecule is CCN(CC1CC1)C(CN)c1cccc(OC)c1OC. The summed E-state index contributed by atoms with van der Waals surface area (Å²) in [4.78, 5) is 2.45. The Morgan fingerprint density at radius 1 is 1.30 bits per heavy atom. The Labute approximate surface area is 121 Å². The van der Waals surface area contributed by atoms with E-state index >= 15 is 0 Å². The first-order chi connectivity index (χ1) is 9.74. The van der Waals surface area contributed by atoms with Gasteiger partial charge in [-0.25, -0.2) is 0 Å². The van der Waals surface area contributed by atoms with Crippen LogP contribution < -0.4 is 15.2 Å². The molecule has 0 amide bonds. The highest BCUT2D eigenvalue weighted by molar-refractivity contribution is 5.48. The number of benzene rings is 1. The highest BCUT2D eigenvalue weighted by Crippen LogP contribution is 2.38. The quantitative estimate of drug-likeness (QED) is 0.793. The van der Waals surface area contributed by atoms with Gasteiger partial charge in [0.25, 0.3) is 0 Å². The molecular formula is C16H26N2O2. The van der Waals surface area contributed by atoms with Crippen molar-refractivity contribution in [3.8, 4) is 11.5 Å². The minimum atomic E-state index is 0.186. The lowest BCUT2D eigenvalue weighted by molar-refractivity contribution is 0.198. The summed E-state index contributed by atoms with van der Waals surface area (Å²) in [5, 5.41) is 0. The standard InChI is InChI=1S/C16H26N2O2/c1-4-18(11-12-8-9-12)14(10-17)13-6-5-7-15(19-2)16(13)20-3/h5-7,12,14H,4,8-11,17H2,1-3H3. The molecule has 1 aliphatic rings. The van der Waals surface area contributed by atoms with Crippen LogP contribution in [-0.4, -0.2) is 38.8 Å². The van der Waals surface area contributed by atoms with Crippen molar-refractivity contribution in [3.05, 3.63) is 23.8 Å². The van der Waals surface area contributed by atoms with E-state index in [-0.39, 0.29) is 6.04 Å². The van der Waals surface area contributed by atoms with E-state index < -0.39 is 0 Å². The average molecular weight is 278 g/mol. The van der Waals surface area contributed by atoms with Gasteiger partial charge in [-0.15, -0.1) is 0 Å². The number of methoxy groups -OCH3 is 2. The fourth-order valence-corrected chi connectivity index (χ4v) is 2.76. The third kappa shape index (κ3) is 3.25. The second kappa shape index (κ2) is 6.95. The first-order valence-corrected chi connectivity index (χ1v) is 7.40. The summed E-state index contributed by atoms with van der Waals surface area (Å²) in [7, 11) is 3.35. The van der Waals surface area contributed by atoms with E-state index in [4.69, 9.17) is 15.2 Å². The highest BCUT2D eigenvalue weighted by atomic mass is 16.5. The van der Waals surface area contributed by atoms with Crippen molar-refractivity contribution in [2.24, 2.45) is 11.7 Å². The molecule has 0 radical (unpaired) electrons. The van der Waals surface area contributed by atoms with E-state index in [0.717, 1.165) is 36.1 Å². The molecule has 20 heavy (non-hydrogen) atoms. The summed E-state index contributed by atoms with van der Waals surface area (Å²) in [6, 6.07) is 6.21. The van der Waals surface area contributed by atoms with Crippen LogP contribution in [-0.2, 0) is 0 Å². The maximum Gasteiger partial charge on any atom is 0.165 e. The van der Waals surface area contributed by atoms with Crippen LogP contribution in [0.25, 0.3) is 0 Å². The molecule has 1 aliphatic carbocycles. The fraction of sp³-hybridized carbons (Fsp3) is 0.625. The van der Waals surface area contributed by atoms with Gasteiger partial charge < -0.3 is 15.2 Å². The van der Waals surface area contributed by atoms with Crippen molar-refractivity contribution in [1.82, 2.24) is 4.90 Å². The van der Waals surface area contributed by atoms with Crippen molar-refractivity contribution < 1.29 is 9.47 Å². The first kappa shape index (κ1) is 15.1. The van der Waals surface area contributed by atoms with Gasteiger partial charge in [-0.2, -0.15) is 0 Å². The molecular weight excluding hydrogens is 252 g/mol. The van der Waals surface area contributed by atoms with Crippen LogP contribution in [0.3, 0.4) is 0 Å². The molecule has 4 heteroatoms. The van der Waals surface area contributed by atoms with E-state index in [1.54, 1.807) is 14.2 Å². The van der Waals surface area contributed by atoms with E-state index in [2.05, 4.69) is 17.9 Å². The Morgan fingerprint density at radius 3 is 2.55 bits per heavy atom. The summed E-state index contributed by atoms with van der Waals surface area (Å²) in [5.41, 5.74) is 7.18. The summed E-state index contributed by atoms with van der Waals surface area (Å²) >= 11 is 0. The van der Waals surface area contributed by atoms with E-state index in [0.29, 0.717) is 6.54 Å². The predicted molar refractivity (Wildman–Crippen MR) is 81.3 cm³/mol. The summed E-state index contributed by atoms with van der Waals surface area (Å²) in [5.74, 6) is 2.42. The first-order valence-electron chi connectivity index (χ1n) is 7.40. The Balaban J connectivity index is 2.29. The minimum Gasteiger partial charge on any atom is -0.493 e. The van der Waals surface area contributed by atoms with Crippen LogP contribution in [0, 0.1) is 5.92 Å². The van der Waals surface area contributed by atoms with Gasteiger partial charge in [0.2, 0.25) is 0 Å². The van der Waals surface area contributed by atoms with Gasteiger partial charge in [-0.05, 0) is 31.4 Å². The Morgan fingerprint density at radius 2 is 2.05 bits per heavy atom. The molecule has 4 nitrogen and oxygen atoms in total. The van der Waals surface area contributed by atoms with Gasteiger partial charge in [0, 0.05) is 18.7 Å². The summed E-state index contributed by atoms with van der Waals surface area (Å²) < 4.78 is 11.0. The van der Waals surface area contributed by atoms with Gasteiger partial charge in [0.05, 0.1) is 20.3 Å². The van der Waals surface area contributed by atoms with Crippen molar-refractivity contribution in [1.29, 1.82) is 0 Å². The van der Waals surface area contributed by atoms with Crippen molar-refractivity contribution in [3.63, 3.8) is 0 Å². The normalized spacial score (nSPS) is 16.2. The van der Waals surface area contributed by atoms with Crippen LogP contribution in [0.1, 0.15) is 31.4 Å². The van der Waals surface area contributed by atoms with Crippen molar-refractivity contribution >= 4 is 0 Å². The molecule has 2 N–H and O–H groups in total. The molecule has 112 valence electrons. The van der Waals surface area contributed by atoms with E-state index in [1.165, 1.54) is 12.8 Å². The summed E-state index contributed by atoms with van der Waals surface area (Å²) in [6.07, 6.45) is 2.70. The molecule has 0 aromatic heterocycles. The third-order valence-corrected chi connectivity index (χ3v) is 4.05. The van der Waals surface area contributed by atoms with Gasteiger partial charge in [-0.3, -0.25) is 4.90 Å². The number of likely N-dealkylation sites (N-methyl/N-ethyl adjacent to an activating group) is 1. The number of nitrogens with zero attached hydrogens (tertiary/aromatic N) is 1. The van der Waals surface area contributed by atoms with Gasteiger partial charge in [0.15, 0.2) is 11.5 Å². The molecule has 0 spiro atoms. The van der Waals surface area contributed by atoms with Gasteiger partial charge >= 0.3 is 0 Å². The number of ether oxygens (including phenoxy) is 2. The lowest BCUT2D eigenvalue weighted by atomic mass is 10.0. The van der Waals surface area contributed by atoms with Crippen LogP contribution >= 0.6 is 0 Å². The predicted octanol–water partition coefficient (Wildman–Crippen LogP) is 2.44. The third-order valence-electron chi connectivity index (χ3n) is 4.05. The lowest BCUT2D eigenvalue weighted by Crippen LogP contribution is -2.35. The molecule has 1 aromatic rings. The second-order valence-electron chi connectivity index (χ2n) is 5.37. The maximum atomic E-state index is 6.05. The number of hydrogen-bond acceptors (Lipinski definition) is 4. The Kier molecular flexibility index (Phi) is 5.26. The molecule has 0 heterocycles. The zero-order valence-electron chi connectivity index (χ0n) is 12.8. The van der Waals surface area contributed by atoms with E-state index in [1.807, 2.05) is 12.1 Å². The molecule has 1 atom stereocenters. The number of hydrogen-bond donors (Lipinski definition) is 1. The lowest BCUT2D eigenvalue weighted by Gasteiger charge is -2.31. The Hall–Kier alpha value is -1.26. The van der Waals surface area contributed by atoms with Crippen LogP contribution in [0.2, 0.25) is 0 Å². The molecule has 2 rings (SSSR count). The van der Waals surface area contributed by atoms with Gasteiger partial charge in [0.1, 0.15) is 0 Å². The van der Waals surface area contributed by atoms with Gasteiger partial charge in [-0.1, -0.05) is 19.1 Å².